The fourth-order valence-corrected chi connectivity index (χ4v) is 3.33. The van der Waals surface area contributed by atoms with Crippen molar-refractivity contribution in [2.24, 2.45) is 0 Å². The Hall–Kier alpha value is -4.06. The lowest BCUT2D eigenvalue weighted by Crippen LogP contribution is -2.15. The lowest BCUT2D eigenvalue weighted by atomic mass is 10.1. The third-order valence-corrected chi connectivity index (χ3v) is 4.63. The summed E-state index contributed by atoms with van der Waals surface area (Å²) in [5.74, 6) is 0.0549. The summed E-state index contributed by atoms with van der Waals surface area (Å²) in [6.07, 6.45) is 8.76. The van der Waals surface area contributed by atoms with Crippen LogP contribution in [0.25, 0.3) is 27.5 Å². The Morgan fingerprint density at radius 2 is 1.75 bits per heavy atom. The molecule has 0 fully saturated rings. The number of hydrogen-bond acceptors (Lipinski definition) is 4. The zero-order valence-electron chi connectivity index (χ0n) is 14.8. The number of carbonyl (C=O) groups excluding carboxylic acids is 1. The topological polar surface area (TPSA) is 72.2 Å². The molecule has 0 saturated heterocycles. The van der Waals surface area contributed by atoms with Crippen LogP contribution in [0.1, 0.15) is 10.6 Å². The Labute approximate surface area is 160 Å². The van der Waals surface area contributed by atoms with Gasteiger partial charge in [-0.15, -0.1) is 0 Å². The van der Waals surface area contributed by atoms with Crippen LogP contribution in [-0.4, -0.2) is 25.3 Å². The third-order valence-electron chi connectivity index (χ3n) is 4.63. The van der Waals surface area contributed by atoms with Gasteiger partial charge in [-0.3, -0.25) is 19.2 Å². The van der Waals surface area contributed by atoms with E-state index in [0.717, 1.165) is 33.2 Å². The molecule has 0 unspecified atom stereocenters. The van der Waals surface area contributed by atoms with Crippen molar-refractivity contribution in [3.8, 4) is 11.3 Å². The first-order valence-electron chi connectivity index (χ1n) is 8.83. The lowest BCUT2D eigenvalue weighted by Gasteiger charge is -2.08. The van der Waals surface area contributed by atoms with Crippen LogP contribution in [-0.2, 0) is 0 Å². The van der Waals surface area contributed by atoms with E-state index in [1.807, 2.05) is 60.8 Å². The number of carbonyl (C=O) groups is 1. The third kappa shape index (κ3) is 2.68. The second kappa shape index (κ2) is 6.59. The van der Waals surface area contributed by atoms with Gasteiger partial charge in [-0.1, -0.05) is 18.2 Å². The molecule has 0 spiro atoms. The highest BCUT2D eigenvalue weighted by molar-refractivity contribution is 6.08. The number of hydrogen-bond donors (Lipinski definition) is 1. The monoisotopic (exact) mass is 365 g/mol. The minimum absolute atomic E-state index is 0.272. The molecule has 6 heteroatoms. The molecule has 0 aliphatic heterocycles. The minimum atomic E-state index is -0.272. The maximum atomic E-state index is 13.1. The van der Waals surface area contributed by atoms with Gasteiger partial charge in [0.05, 0.1) is 11.2 Å². The molecule has 0 radical (unpaired) electrons. The Bertz CT molecular complexity index is 1310. The SMILES string of the molecule is O=C(Nc1cccc2cnccc12)c1nc(-c2ccncc2)c2ccccn12. The van der Waals surface area contributed by atoms with Gasteiger partial charge >= 0.3 is 0 Å². The van der Waals surface area contributed by atoms with Crippen molar-refractivity contribution in [3.63, 3.8) is 0 Å². The molecule has 1 aromatic carbocycles. The van der Waals surface area contributed by atoms with Crippen molar-refractivity contribution in [1.29, 1.82) is 0 Å². The van der Waals surface area contributed by atoms with E-state index in [9.17, 15) is 4.79 Å². The van der Waals surface area contributed by atoms with Gasteiger partial charge in [-0.05, 0) is 36.4 Å². The quantitative estimate of drug-likeness (QED) is 0.520. The zero-order valence-corrected chi connectivity index (χ0v) is 14.8. The number of imidazole rings is 1. The molecule has 28 heavy (non-hydrogen) atoms. The Kier molecular flexibility index (Phi) is 3.80. The second-order valence-electron chi connectivity index (χ2n) is 6.33. The predicted octanol–water partition coefficient (Wildman–Crippen LogP) is 4.20. The molecule has 4 heterocycles. The van der Waals surface area contributed by atoms with Gasteiger partial charge in [0.15, 0.2) is 0 Å². The Morgan fingerprint density at radius 1 is 0.893 bits per heavy atom. The van der Waals surface area contributed by atoms with Gasteiger partial charge in [0.25, 0.3) is 5.91 Å². The number of benzene rings is 1. The van der Waals surface area contributed by atoms with Gasteiger partial charge in [-0.2, -0.15) is 0 Å². The highest BCUT2D eigenvalue weighted by atomic mass is 16.2. The van der Waals surface area contributed by atoms with Gasteiger partial charge in [0, 0.05) is 53.0 Å². The van der Waals surface area contributed by atoms with Gasteiger partial charge < -0.3 is 5.32 Å². The predicted molar refractivity (Wildman–Crippen MR) is 108 cm³/mol. The van der Waals surface area contributed by atoms with E-state index < -0.39 is 0 Å². The molecular weight excluding hydrogens is 350 g/mol. The van der Waals surface area contributed by atoms with Crippen molar-refractivity contribution < 1.29 is 4.79 Å². The van der Waals surface area contributed by atoms with Crippen LogP contribution in [0.5, 0.6) is 0 Å². The van der Waals surface area contributed by atoms with Crippen LogP contribution in [0.2, 0.25) is 0 Å². The maximum absolute atomic E-state index is 13.1. The molecule has 0 aliphatic rings. The van der Waals surface area contributed by atoms with E-state index in [1.54, 1.807) is 29.2 Å². The first kappa shape index (κ1) is 16.1. The lowest BCUT2D eigenvalue weighted by molar-refractivity contribution is 0.101. The number of nitrogens with zero attached hydrogens (tertiary/aromatic N) is 4. The summed E-state index contributed by atoms with van der Waals surface area (Å²) < 4.78 is 1.80. The van der Waals surface area contributed by atoms with Crippen molar-refractivity contribution in [1.82, 2.24) is 19.4 Å². The number of aromatic nitrogens is 4. The number of rotatable bonds is 3. The molecule has 6 nitrogen and oxygen atoms in total. The molecule has 134 valence electrons. The van der Waals surface area contributed by atoms with Crippen molar-refractivity contribution >= 4 is 27.9 Å². The van der Waals surface area contributed by atoms with Crippen LogP contribution >= 0.6 is 0 Å². The average Bonchev–Trinajstić information content (AvgIpc) is 3.15. The fourth-order valence-electron chi connectivity index (χ4n) is 3.33. The van der Waals surface area contributed by atoms with Crippen LogP contribution in [0.15, 0.2) is 85.6 Å². The Balaban J connectivity index is 1.60. The number of fused-ring (bicyclic) bond motifs is 2. The molecule has 0 atom stereocenters. The summed E-state index contributed by atoms with van der Waals surface area (Å²) in [6, 6.07) is 17.1. The molecule has 1 amide bonds. The number of anilines is 1. The minimum Gasteiger partial charge on any atom is -0.319 e. The molecule has 4 aromatic heterocycles. The summed E-state index contributed by atoms with van der Waals surface area (Å²) in [4.78, 5) is 25.9. The van der Waals surface area contributed by atoms with E-state index in [0.29, 0.717) is 5.82 Å². The van der Waals surface area contributed by atoms with Crippen LogP contribution < -0.4 is 5.32 Å². The molecule has 5 aromatic rings. The molecule has 1 N–H and O–H groups in total. The molecule has 0 bridgehead atoms. The van der Waals surface area contributed by atoms with Crippen LogP contribution in [0.3, 0.4) is 0 Å². The largest absolute Gasteiger partial charge is 0.319 e. The highest BCUT2D eigenvalue weighted by Gasteiger charge is 2.18. The van der Waals surface area contributed by atoms with Gasteiger partial charge in [0.2, 0.25) is 5.82 Å². The van der Waals surface area contributed by atoms with Gasteiger partial charge in [0.1, 0.15) is 0 Å². The smallest absolute Gasteiger partial charge is 0.292 e. The summed E-state index contributed by atoms with van der Waals surface area (Å²) in [7, 11) is 0. The standard InChI is InChI=1S/C22H15N5O/c28-22(25-18-5-3-4-16-14-24-12-9-17(16)18)21-26-20(15-7-10-23-11-8-15)19-6-1-2-13-27(19)21/h1-14H,(H,25,28). The second-order valence-corrected chi connectivity index (χ2v) is 6.33. The maximum Gasteiger partial charge on any atom is 0.292 e. The summed E-state index contributed by atoms with van der Waals surface area (Å²) in [5, 5.41) is 4.89. The van der Waals surface area contributed by atoms with Crippen LogP contribution in [0.4, 0.5) is 5.69 Å². The normalized spacial score (nSPS) is 11.0. The van der Waals surface area contributed by atoms with E-state index in [4.69, 9.17) is 0 Å². The fraction of sp³-hybridized carbons (Fsp3) is 0. The number of pyridine rings is 3. The molecular formula is C22H15N5O. The van der Waals surface area contributed by atoms with Crippen LogP contribution in [0, 0.1) is 0 Å². The number of nitrogens with one attached hydrogen (secondary N) is 1. The summed E-state index contributed by atoms with van der Waals surface area (Å²) in [6.45, 7) is 0. The van der Waals surface area contributed by atoms with E-state index in [-0.39, 0.29) is 5.91 Å². The molecule has 0 aliphatic carbocycles. The van der Waals surface area contributed by atoms with Crippen molar-refractivity contribution in [2.75, 3.05) is 5.32 Å². The first-order chi connectivity index (χ1) is 13.8. The van der Waals surface area contributed by atoms with Gasteiger partial charge in [-0.25, -0.2) is 4.98 Å². The average molecular weight is 365 g/mol. The molecule has 0 saturated carbocycles. The molecule has 5 rings (SSSR count). The van der Waals surface area contributed by atoms with E-state index in [1.165, 1.54) is 0 Å². The zero-order chi connectivity index (χ0) is 18.9. The van der Waals surface area contributed by atoms with Crippen molar-refractivity contribution in [2.45, 2.75) is 0 Å². The highest BCUT2D eigenvalue weighted by Crippen LogP contribution is 2.26. The Morgan fingerprint density at radius 3 is 2.64 bits per heavy atom. The summed E-state index contributed by atoms with van der Waals surface area (Å²) >= 11 is 0. The summed E-state index contributed by atoms with van der Waals surface area (Å²) in [5.41, 5.74) is 3.24. The van der Waals surface area contributed by atoms with E-state index in [2.05, 4.69) is 20.3 Å². The number of amides is 1. The van der Waals surface area contributed by atoms with E-state index >= 15 is 0 Å². The first-order valence-corrected chi connectivity index (χ1v) is 8.83. The van der Waals surface area contributed by atoms with Crippen molar-refractivity contribution in [3.05, 3.63) is 91.4 Å².